The molecule has 17 nitrogen and oxygen atoms in total. The molecule has 0 spiro atoms. The SMILES string of the molecule is CCN(CC)CCN(C(=O)OCCC(=O)N1CCC(CCn2ccc3cc(N(C(=N)c4cc(C(C)C)c(O)cc4O)C(N)=O)ccc32)CC1)C(=O)c1c(C)[nH]c(C=C2C(=O)Nc3ccc(F)cc32)c1C. The van der Waals surface area contributed by atoms with Gasteiger partial charge in [-0.15, -0.1) is 0 Å². The molecule has 1 fully saturated rings. The summed E-state index contributed by atoms with van der Waals surface area (Å²) in [7, 11) is 0. The third-order valence-corrected chi connectivity index (χ3v) is 13.5. The van der Waals surface area contributed by atoms with Crippen LogP contribution in [0.3, 0.4) is 0 Å². The summed E-state index contributed by atoms with van der Waals surface area (Å²) in [5.74, 6) is -2.16. The number of anilines is 2. The fraction of sp³-hybridized carbons (Fsp3) is 0.385. The summed E-state index contributed by atoms with van der Waals surface area (Å²) < 4.78 is 21.9. The quantitative estimate of drug-likeness (QED) is 0.0317. The summed E-state index contributed by atoms with van der Waals surface area (Å²) in [6, 6.07) is 13.0. The topological polar surface area (TPSA) is 231 Å². The number of nitrogens with zero attached hydrogens (tertiary/aromatic N) is 5. The van der Waals surface area contributed by atoms with Gasteiger partial charge in [-0.3, -0.25) is 19.8 Å². The van der Waals surface area contributed by atoms with Crippen molar-refractivity contribution < 1.29 is 43.3 Å². The Morgan fingerprint density at radius 3 is 2.40 bits per heavy atom. The van der Waals surface area contributed by atoms with Crippen LogP contribution in [0.25, 0.3) is 22.6 Å². The number of benzene rings is 3. The first-order chi connectivity index (χ1) is 33.4. The van der Waals surface area contributed by atoms with Crippen LogP contribution in [0.2, 0.25) is 0 Å². The lowest BCUT2D eigenvalue weighted by Gasteiger charge is -2.32. The second-order valence-corrected chi connectivity index (χ2v) is 18.2. The smallest absolute Gasteiger partial charge is 0.416 e. The van der Waals surface area contributed by atoms with Gasteiger partial charge in [-0.1, -0.05) is 27.7 Å². The number of halogens is 1. The predicted molar refractivity (Wildman–Crippen MR) is 267 cm³/mol. The number of rotatable bonds is 16. The van der Waals surface area contributed by atoms with Crippen molar-refractivity contribution >= 4 is 69.6 Å². The third-order valence-electron chi connectivity index (χ3n) is 13.5. The maximum Gasteiger partial charge on any atom is 0.416 e. The average Bonchev–Trinajstić information content (AvgIpc) is 3.96. The molecule has 4 heterocycles. The largest absolute Gasteiger partial charge is 0.508 e. The molecule has 1 saturated heterocycles. The van der Waals surface area contributed by atoms with Crippen LogP contribution in [0.15, 0.2) is 60.8 Å². The van der Waals surface area contributed by atoms with E-state index >= 15 is 0 Å². The molecular weight excluding hydrogens is 898 g/mol. The van der Waals surface area contributed by atoms with E-state index in [1.807, 2.05) is 46.0 Å². The maximum atomic E-state index is 14.2. The van der Waals surface area contributed by atoms with Gasteiger partial charge in [0.25, 0.3) is 11.8 Å². The zero-order valence-corrected chi connectivity index (χ0v) is 40.5. The van der Waals surface area contributed by atoms with Gasteiger partial charge in [0.05, 0.1) is 28.8 Å². The van der Waals surface area contributed by atoms with Gasteiger partial charge < -0.3 is 45.4 Å². The Morgan fingerprint density at radius 1 is 0.986 bits per heavy atom. The average molecular weight is 960 g/mol. The van der Waals surface area contributed by atoms with E-state index < -0.39 is 29.8 Å². The minimum Gasteiger partial charge on any atom is -0.508 e. The molecule has 0 unspecified atom stereocenters. The number of nitrogens with two attached hydrogens (primary N) is 1. The number of imide groups is 1. The number of ether oxygens (including phenoxy) is 1. The number of aromatic amines is 1. The number of phenols is 2. The molecule has 370 valence electrons. The molecule has 2 aliphatic rings. The van der Waals surface area contributed by atoms with E-state index in [-0.39, 0.29) is 65.4 Å². The Morgan fingerprint density at radius 2 is 1.71 bits per heavy atom. The molecule has 6 amide bonds. The second-order valence-electron chi connectivity index (χ2n) is 18.2. The highest BCUT2D eigenvalue weighted by atomic mass is 19.1. The van der Waals surface area contributed by atoms with Crippen LogP contribution < -0.4 is 16.0 Å². The number of primary amides is 1. The fourth-order valence-corrected chi connectivity index (χ4v) is 9.39. The summed E-state index contributed by atoms with van der Waals surface area (Å²) >= 11 is 0. The van der Waals surface area contributed by atoms with Crippen LogP contribution in [-0.4, -0.2) is 116 Å². The molecule has 0 radical (unpaired) electrons. The lowest BCUT2D eigenvalue weighted by molar-refractivity contribution is -0.133. The van der Waals surface area contributed by atoms with E-state index in [4.69, 9.17) is 15.9 Å². The first kappa shape index (κ1) is 50.4. The standard InChI is InChI=1S/C52H62FN9O8/c1-7-58(8-2)22-23-61(50(67)47-31(5)42(56-32(47)6)28-39-38-26-35(53)9-11-41(38)57-49(39)66)52(69)70-24-17-46(65)60-19-14-33(15-20-60)13-18-59-21-16-34-25-36(10-12-43(34)59)62(51(55)68)48(54)40-27-37(30(3)4)44(63)29-45(40)64/h9-12,16,21,25-30,33,54,56,63-64H,7-8,13-15,17-20,22-24H2,1-6H3,(H2,55,68)(H,57,66). The van der Waals surface area contributed by atoms with Crippen LogP contribution in [0, 0.1) is 31.0 Å². The van der Waals surface area contributed by atoms with Crippen molar-refractivity contribution in [1.29, 1.82) is 5.41 Å². The van der Waals surface area contributed by atoms with Gasteiger partial charge in [0, 0.05) is 78.5 Å². The molecule has 0 atom stereocenters. The molecule has 3 aromatic carbocycles. The number of amides is 6. The van der Waals surface area contributed by atoms with Crippen LogP contribution in [0.1, 0.15) is 103 Å². The van der Waals surface area contributed by atoms with Gasteiger partial charge in [-0.2, -0.15) is 0 Å². The molecule has 7 rings (SSSR count). The zero-order valence-electron chi connectivity index (χ0n) is 40.5. The lowest BCUT2D eigenvalue weighted by Crippen LogP contribution is -2.43. The van der Waals surface area contributed by atoms with Crippen molar-refractivity contribution in [3.05, 3.63) is 106 Å². The summed E-state index contributed by atoms with van der Waals surface area (Å²) in [6.45, 7) is 14.6. The van der Waals surface area contributed by atoms with E-state index in [0.29, 0.717) is 84.6 Å². The second kappa shape index (κ2) is 21.4. The van der Waals surface area contributed by atoms with Gasteiger partial charge in [-0.25, -0.2) is 23.8 Å². The van der Waals surface area contributed by atoms with E-state index in [1.54, 1.807) is 37.0 Å². The highest BCUT2D eigenvalue weighted by molar-refractivity contribution is 6.35. The molecule has 0 aliphatic carbocycles. The Hall–Kier alpha value is -7.47. The number of carbonyl (C=O) groups excluding carboxylic acids is 5. The number of aromatic nitrogens is 2. The number of fused-ring (bicyclic) bond motifs is 2. The van der Waals surface area contributed by atoms with Gasteiger partial charge in [-0.05, 0) is 124 Å². The molecule has 18 heteroatoms. The Labute approximate surface area is 406 Å². The van der Waals surface area contributed by atoms with E-state index in [9.17, 15) is 38.6 Å². The number of hydrogen-bond donors (Lipinski definition) is 6. The normalized spacial score (nSPS) is 14.4. The fourth-order valence-electron chi connectivity index (χ4n) is 9.39. The van der Waals surface area contributed by atoms with E-state index in [2.05, 4.69) is 19.8 Å². The number of hydrogen-bond acceptors (Lipinski definition) is 10. The zero-order chi connectivity index (χ0) is 50.6. The van der Waals surface area contributed by atoms with Crippen molar-refractivity contribution in [2.75, 3.05) is 56.1 Å². The monoisotopic (exact) mass is 959 g/mol. The van der Waals surface area contributed by atoms with E-state index in [1.165, 1.54) is 24.3 Å². The number of aryl methyl sites for hydroxylation is 2. The van der Waals surface area contributed by atoms with Crippen molar-refractivity contribution in [2.45, 2.75) is 79.7 Å². The van der Waals surface area contributed by atoms with Gasteiger partial charge in [0.1, 0.15) is 29.8 Å². The number of piperidine rings is 1. The molecule has 0 saturated carbocycles. The van der Waals surface area contributed by atoms with E-state index in [0.717, 1.165) is 46.0 Å². The van der Waals surface area contributed by atoms with Crippen molar-refractivity contribution in [3.63, 3.8) is 0 Å². The molecule has 5 aromatic rings. The number of nitrogens with one attached hydrogen (secondary N) is 3. The molecule has 70 heavy (non-hydrogen) atoms. The molecule has 2 aromatic heterocycles. The first-order valence-electron chi connectivity index (χ1n) is 23.7. The molecule has 7 N–H and O–H groups in total. The molecule has 2 aliphatic heterocycles. The summed E-state index contributed by atoms with van der Waals surface area (Å²) in [6.07, 6.45) is 5.08. The summed E-state index contributed by atoms with van der Waals surface area (Å²) in [5, 5.41) is 33.3. The van der Waals surface area contributed by atoms with Crippen LogP contribution in [0.4, 0.5) is 25.4 Å². The lowest BCUT2D eigenvalue weighted by atomic mass is 9.93. The number of likely N-dealkylation sites (N-methyl/N-ethyl adjacent to an activating group) is 1. The van der Waals surface area contributed by atoms with Gasteiger partial charge in [0.2, 0.25) is 5.91 Å². The molecule has 0 bridgehead atoms. The minimum atomic E-state index is -0.900. The van der Waals surface area contributed by atoms with Crippen LogP contribution in [-0.2, 0) is 20.9 Å². The van der Waals surface area contributed by atoms with Crippen LogP contribution in [0.5, 0.6) is 11.5 Å². The summed E-state index contributed by atoms with van der Waals surface area (Å²) in [5.41, 5.74) is 10.4. The highest BCUT2D eigenvalue weighted by Gasteiger charge is 2.32. The number of likely N-dealkylation sites (tertiary alicyclic amines) is 1. The van der Waals surface area contributed by atoms with Crippen molar-refractivity contribution in [3.8, 4) is 11.5 Å². The Bertz CT molecular complexity index is 2870. The van der Waals surface area contributed by atoms with Crippen LogP contribution >= 0.6 is 0 Å². The number of carbonyl (C=O) groups is 5. The summed E-state index contributed by atoms with van der Waals surface area (Å²) in [4.78, 5) is 76.0. The minimum absolute atomic E-state index is 0.0440. The Kier molecular flexibility index (Phi) is 15.4. The predicted octanol–water partition coefficient (Wildman–Crippen LogP) is 8.30. The van der Waals surface area contributed by atoms with Gasteiger partial charge in [0.15, 0.2) is 0 Å². The number of H-pyrrole nitrogens is 1. The number of urea groups is 1. The number of amidine groups is 1. The third kappa shape index (κ3) is 10.7. The maximum absolute atomic E-state index is 14.2. The van der Waals surface area contributed by atoms with Crippen molar-refractivity contribution in [2.24, 2.45) is 11.7 Å². The highest BCUT2D eigenvalue weighted by Crippen LogP contribution is 2.36. The first-order valence-corrected chi connectivity index (χ1v) is 23.7. The number of phenolic OH excluding ortho intramolecular Hbond substituents is 2. The van der Waals surface area contributed by atoms with Gasteiger partial charge >= 0.3 is 12.1 Å². The van der Waals surface area contributed by atoms with Crippen molar-refractivity contribution in [1.82, 2.24) is 24.3 Å². The molecular formula is C52H62FN9O8. The number of aromatic hydroxyl groups is 2. The Balaban J connectivity index is 0.929.